The topological polar surface area (TPSA) is 30.0 Å². The van der Waals surface area contributed by atoms with E-state index in [-0.39, 0.29) is 0 Å². The molecule has 1 heterocycles. The highest BCUT2D eigenvalue weighted by molar-refractivity contribution is 6.07. The van der Waals surface area contributed by atoms with Crippen LogP contribution >= 0.6 is 0 Å². The van der Waals surface area contributed by atoms with E-state index in [0.29, 0.717) is 6.07 Å². The molecular formula is C12H6F3NO. The molecule has 0 bridgehead atoms. The minimum absolute atomic E-state index is 0.413. The van der Waals surface area contributed by atoms with E-state index in [1.165, 1.54) is 12.3 Å². The third-order valence-electron chi connectivity index (χ3n) is 2.15. The van der Waals surface area contributed by atoms with Crippen LogP contribution in [0.4, 0.5) is 13.2 Å². The van der Waals surface area contributed by atoms with E-state index in [1.54, 1.807) is 0 Å². The van der Waals surface area contributed by atoms with Crippen molar-refractivity contribution in [3.8, 4) is 0 Å². The maximum atomic E-state index is 13.3. The molecule has 2 aromatic rings. The predicted octanol–water partition coefficient (Wildman–Crippen LogP) is 2.73. The van der Waals surface area contributed by atoms with Crippen molar-refractivity contribution in [3.63, 3.8) is 0 Å². The minimum atomic E-state index is -1.04. The van der Waals surface area contributed by atoms with Crippen LogP contribution < -0.4 is 0 Å². The van der Waals surface area contributed by atoms with Gasteiger partial charge in [-0.1, -0.05) is 0 Å². The number of nitrogens with zero attached hydrogens (tertiary/aromatic N) is 1. The number of carbonyl (C=O) groups excluding carboxylic acids is 1. The summed E-state index contributed by atoms with van der Waals surface area (Å²) < 4.78 is 39.2. The fourth-order valence-corrected chi connectivity index (χ4v) is 1.35. The lowest BCUT2D eigenvalue weighted by Gasteiger charge is -2.02. The summed E-state index contributed by atoms with van der Waals surface area (Å²) in [5, 5.41) is 0. The maximum Gasteiger partial charge on any atom is 0.217 e. The Morgan fingerprint density at radius 2 is 1.82 bits per heavy atom. The largest absolute Gasteiger partial charge is 0.287 e. The summed E-state index contributed by atoms with van der Waals surface area (Å²) in [6.45, 7) is 0. The Bertz CT molecular complexity index is 584. The highest BCUT2D eigenvalue weighted by Gasteiger charge is 2.18. The Hall–Kier alpha value is -2.17. The maximum absolute atomic E-state index is 13.3. The van der Waals surface area contributed by atoms with Gasteiger partial charge < -0.3 is 0 Å². The first-order valence-electron chi connectivity index (χ1n) is 4.70. The van der Waals surface area contributed by atoms with Gasteiger partial charge in [-0.25, -0.2) is 18.2 Å². The molecule has 2 rings (SSSR count). The molecule has 0 saturated heterocycles. The third-order valence-corrected chi connectivity index (χ3v) is 2.15. The van der Waals surface area contributed by atoms with Crippen molar-refractivity contribution in [3.05, 3.63) is 65.2 Å². The number of benzene rings is 1. The van der Waals surface area contributed by atoms with Gasteiger partial charge in [0.2, 0.25) is 5.78 Å². The van der Waals surface area contributed by atoms with Gasteiger partial charge in [-0.15, -0.1) is 0 Å². The van der Waals surface area contributed by atoms with E-state index in [1.807, 2.05) is 0 Å². The number of ketones is 1. The quantitative estimate of drug-likeness (QED) is 0.751. The third kappa shape index (κ3) is 2.18. The Balaban J connectivity index is 2.48. The van der Waals surface area contributed by atoms with Crippen molar-refractivity contribution >= 4 is 5.78 Å². The summed E-state index contributed by atoms with van der Waals surface area (Å²) in [6.07, 6.45) is 1.22. The fourth-order valence-electron chi connectivity index (χ4n) is 1.35. The number of pyridine rings is 1. The highest BCUT2D eigenvalue weighted by Crippen LogP contribution is 2.15. The predicted molar refractivity (Wildman–Crippen MR) is 54.0 cm³/mol. The molecule has 1 aromatic heterocycles. The summed E-state index contributed by atoms with van der Waals surface area (Å²) in [6, 6.07) is 4.81. The Kier molecular flexibility index (Phi) is 2.91. The molecule has 0 radical (unpaired) electrons. The van der Waals surface area contributed by atoms with Crippen molar-refractivity contribution in [1.82, 2.24) is 4.98 Å². The normalized spacial score (nSPS) is 10.3. The number of hydrogen-bond donors (Lipinski definition) is 0. The summed E-state index contributed by atoms with van der Waals surface area (Å²) >= 11 is 0. The summed E-state index contributed by atoms with van der Waals surface area (Å²) in [5.74, 6) is -3.61. The van der Waals surface area contributed by atoms with E-state index < -0.39 is 34.5 Å². The lowest BCUT2D eigenvalue weighted by molar-refractivity contribution is 0.102. The second-order valence-corrected chi connectivity index (χ2v) is 3.29. The fraction of sp³-hybridized carbons (Fsp3) is 0. The number of rotatable bonds is 2. The molecule has 0 aliphatic rings. The molecular weight excluding hydrogens is 231 g/mol. The number of halogens is 3. The van der Waals surface area contributed by atoms with Gasteiger partial charge in [-0.2, -0.15) is 0 Å². The van der Waals surface area contributed by atoms with E-state index in [2.05, 4.69) is 4.98 Å². The first kappa shape index (κ1) is 11.3. The zero-order valence-corrected chi connectivity index (χ0v) is 8.45. The second kappa shape index (κ2) is 4.37. The molecule has 0 aliphatic carbocycles. The molecule has 86 valence electrons. The van der Waals surface area contributed by atoms with Crippen LogP contribution in [0.2, 0.25) is 0 Å². The molecule has 0 fully saturated rings. The zero-order valence-electron chi connectivity index (χ0n) is 8.45. The van der Waals surface area contributed by atoms with Crippen molar-refractivity contribution < 1.29 is 18.0 Å². The first-order valence-corrected chi connectivity index (χ1v) is 4.70. The van der Waals surface area contributed by atoms with E-state index in [0.717, 1.165) is 18.2 Å². The molecule has 17 heavy (non-hydrogen) atoms. The van der Waals surface area contributed by atoms with Crippen molar-refractivity contribution in [2.24, 2.45) is 0 Å². The summed E-state index contributed by atoms with van der Waals surface area (Å²) in [4.78, 5) is 15.3. The van der Waals surface area contributed by atoms with Gasteiger partial charge in [0.15, 0.2) is 5.82 Å². The first-order chi connectivity index (χ1) is 8.09. The molecule has 1 aromatic carbocycles. The van der Waals surface area contributed by atoms with Crippen LogP contribution in [0.15, 0.2) is 36.5 Å². The Morgan fingerprint density at radius 1 is 1.06 bits per heavy atom. The summed E-state index contributed by atoms with van der Waals surface area (Å²) in [7, 11) is 0. The molecule has 0 saturated carbocycles. The van der Waals surface area contributed by atoms with Crippen LogP contribution in [0.3, 0.4) is 0 Å². The highest BCUT2D eigenvalue weighted by atomic mass is 19.1. The number of hydrogen-bond acceptors (Lipinski definition) is 2. The lowest BCUT2D eigenvalue weighted by Crippen LogP contribution is -2.09. The van der Waals surface area contributed by atoms with E-state index >= 15 is 0 Å². The van der Waals surface area contributed by atoms with Crippen LogP contribution in [0.1, 0.15) is 16.1 Å². The van der Waals surface area contributed by atoms with Crippen LogP contribution in [0.25, 0.3) is 0 Å². The van der Waals surface area contributed by atoms with Crippen molar-refractivity contribution in [2.45, 2.75) is 0 Å². The van der Waals surface area contributed by atoms with E-state index in [4.69, 9.17) is 0 Å². The van der Waals surface area contributed by atoms with Gasteiger partial charge in [0, 0.05) is 12.3 Å². The smallest absolute Gasteiger partial charge is 0.217 e. The van der Waals surface area contributed by atoms with Gasteiger partial charge in [0.25, 0.3) is 0 Å². The van der Waals surface area contributed by atoms with Crippen LogP contribution in [0, 0.1) is 17.5 Å². The van der Waals surface area contributed by atoms with Crippen molar-refractivity contribution in [1.29, 1.82) is 0 Å². The Labute approximate surface area is 94.7 Å². The van der Waals surface area contributed by atoms with Gasteiger partial charge in [0.05, 0.1) is 5.56 Å². The van der Waals surface area contributed by atoms with Crippen LogP contribution in [-0.2, 0) is 0 Å². The Morgan fingerprint density at radius 3 is 2.47 bits per heavy atom. The monoisotopic (exact) mass is 237 g/mol. The average Bonchev–Trinajstić information content (AvgIpc) is 2.29. The van der Waals surface area contributed by atoms with Gasteiger partial charge in [-0.05, 0) is 24.3 Å². The minimum Gasteiger partial charge on any atom is -0.287 e. The van der Waals surface area contributed by atoms with Gasteiger partial charge in [0.1, 0.15) is 17.3 Å². The van der Waals surface area contributed by atoms with Gasteiger partial charge >= 0.3 is 0 Å². The van der Waals surface area contributed by atoms with Crippen molar-refractivity contribution in [2.75, 3.05) is 0 Å². The zero-order chi connectivity index (χ0) is 12.4. The SMILES string of the molecule is O=C(c1ccc(F)cc1F)c1ncccc1F. The van der Waals surface area contributed by atoms with Gasteiger partial charge in [-0.3, -0.25) is 4.79 Å². The van der Waals surface area contributed by atoms with E-state index in [9.17, 15) is 18.0 Å². The molecule has 5 heteroatoms. The molecule has 2 nitrogen and oxygen atoms in total. The average molecular weight is 237 g/mol. The molecule has 0 aliphatic heterocycles. The lowest BCUT2D eigenvalue weighted by atomic mass is 10.1. The second-order valence-electron chi connectivity index (χ2n) is 3.29. The molecule has 0 spiro atoms. The van der Waals surface area contributed by atoms with Crippen LogP contribution in [0.5, 0.6) is 0 Å². The molecule has 0 N–H and O–H groups in total. The molecule has 0 unspecified atom stereocenters. The molecule has 0 atom stereocenters. The summed E-state index contributed by atoms with van der Waals surface area (Å²) in [5.41, 5.74) is -0.901. The standard InChI is InChI=1S/C12H6F3NO/c13-7-3-4-8(10(15)6-7)12(17)11-9(14)2-1-5-16-11/h1-6H. The number of carbonyl (C=O) groups is 1. The molecule has 0 amide bonds. The van der Waals surface area contributed by atoms with Crippen LogP contribution in [-0.4, -0.2) is 10.8 Å². The number of aromatic nitrogens is 1.